The summed E-state index contributed by atoms with van der Waals surface area (Å²) in [4.78, 5) is 27.7. The Bertz CT molecular complexity index is 678. The Morgan fingerprint density at radius 1 is 1.18 bits per heavy atom. The average Bonchev–Trinajstić information content (AvgIpc) is 2.39. The number of hydrogen-bond acceptors (Lipinski definition) is 4. The van der Waals surface area contributed by atoms with Crippen molar-refractivity contribution in [2.75, 3.05) is 0 Å². The van der Waals surface area contributed by atoms with E-state index in [4.69, 9.17) is 0 Å². The SMILES string of the molecule is C=c1[nH]c(=O)c(=C(O)NC(C=CC)=CC)c(=O)[nH]1.CC.[CH3-].[W]. The third kappa shape index (κ3) is 7.27. The van der Waals surface area contributed by atoms with Gasteiger partial charge in [-0.1, -0.05) is 32.6 Å². The number of aliphatic hydroxyl groups excluding tert-OH is 1. The molecule has 0 unspecified atom stereocenters. The van der Waals surface area contributed by atoms with Gasteiger partial charge in [0.15, 0.2) is 5.22 Å². The molecule has 0 spiro atoms. The fourth-order valence-corrected chi connectivity index (χ4v) is 1.34. The molecule has 0 aliphatic heterocycles. The maximum Gasteiger partial charge on any atom is 0.267 e. The van der Waals surface area contributed by atoms with Gasteiger partial charge in [0.2, 0.25) is 5.88 Å². The van der Waals surface area contributed by atoms with Gasteiger partial charge in [-0.05, 0) is 19.9 Å². The minimum atomic E-state index is -0.704. The van der Waals surface area contributed by atoms with Crippen LogP contribution in [0.1, 0.15) is 27.7 Å². The molecule has 0 radical (unpaired) electrons. The summed E-state index contributed by atoms with van der Waals surface area (Å²) in [6, 6.07) is 0. The van der Waals surface area contributed by atoms with Gasteiger partial charge in [0.1, 0.15) is 5.48 Å². The van der Waals surface area contributed by atoms with E-state index in [0.717, 1.165) is 0 Å². The molecule has 6 nitrogen and oxygen atoms in total. The monoisotopic (exact) mass is 478 g/mol. The number of aliphatic hydroxyl groups is 1. The molecule has 1 rings (SSSR count). The van der Waals surface area contributed by atoms with E-state index in [2.05, 4.69) is 21.9 Å². The minimum Gasteiger partial charge on any atom is -0.494 e. The zero-order valence-corrected chi connectivity index (χ0v) is 16.5. The van der Waals surface area contributed by atoms with Gasteiger partial charge in [-0.3, -0.25) is 9.59 Å². The predicted molar refractivity (Wildman–Crippen MR) is 88.0 cm³/mol. The van der Waals surface area contributed by atoms with Crippen LogP contribution in [0.15, 0.2) is 33.5 Å². The van der Waals surface area contributed by atoms with E-state index in [1.165, 1.54) is 0 Å². The standard InChI is InChI=1S/C12H15N3O3.C2H6.CH3.W/c1-4-6-8(5-2)15-12(18)9-10(16)13-7(3)14-11(9)17;1-2;;/h4-6,15,18H,3H2,1-2H3,(H,13,16)(H,14,17);1-2H3;1H3;/q;;-1;. The number of H-pyrrole nitrogens is 2. The maximum absolute atomic E-state index is 11.6. The van der Waals surface area contributed by atoms with Crippen molar-refractivity contribution in [2.45, 2.75) is 27.7 Å². The molecule has 1 aromatic heterocycles. The Hall–Kier alpha value is -1.81. The Balaban J connectivity index is -0.000000864. The second-order valence-electron chi connectivity index (χ2n) is 3.48. The summed E-state index contributed by atoms with van der Waals surface area (Å²) in [6.07, 6.45) is 5.13. The predicted octanol–water partition coefficient (Wildman–Crippen LogP) is 0.641. The zero-order valence-electron chi connectivity index (χ0n) is 13.6. The Labute approximate surface area is 144 Å². The Morgan fingerprint density at radius 3 is 2.00 bits per heavy atom. The van der Waals surface area contributed by atoms with Crippen molar-refractivity contribution in [3.63, 3.8) is 0 Å². The molecule has 22 heavy (non-hydrogen) atoms. The first-order valence-electron chi connectivity index (χ1n) is 6.30. The summed E-state index contributed by atoms with van der Waals surface area (Å²) in [7, 11) is 0. The van der Waals surface area contributed by atoms with Gasteiger partial charge in [-0.2, -0.15) is 0 Å². The van der Waals surface area contributed by atoms with E-state index in [1.807, 2.05) is 13.8 Å². The van der Waals surface area contributed by atoms with Crippen LogP contribution in [0.5, 0.6) is 0 Å². The van der Waals surface area contributed by atoms with Crippen molar-refractivity contribution in [3.05, 3.63) is 62.8 Å². The third-order valence-electron chi connectivity index (χ3n) is 2.14. The van der Waals surface area contributed by atoms with Crippen LogP contribution >= 0.6 is 0 Å². The number of aromatic amines is 2. The van der Waals surface area contributed by atoms with Crippen molar-refractivity contribution >= 4 is 12.5 Å². The van der Waals surface area contributed by atoms with Crippen molar-refractivity contribution in [1.82, 2.24) is 15.3 Å². The van der Waals surface area contributed by atoms with Gasteiger partial charge in [-0.25, -0.2) is 0 Å². The molecule has 0 aliphatic carbocycles. The number of aromatic nitrogens is 2. The minimum absolute atomic E-state index is 0. The van der Waals surface area contributed by atoms with E-state index in [1.54, 1.807) is 32.1 Å². The molecular weight excluding hydrogens is 454 g/mol. The number of nitrogens with one attached hydrogen (secondary N) is 3. The van der Waals surface area contributed by atoms with Crippen molar-refractivity contribution in [2.24, 2.45) is 0 Å². The third-order valence-corrected chi connectivity index (χ3v) is 2.14. The number of rotatable bonds is 3. The van der Waals surface area contributed by atoms with Crippen LogP contribution in [0.2, 0.25) is 0 Å². The van der Waals surface area contributed by atoms with Crippen LogP contribution in [0, 0.1) is 7.43 Å². The smallest absolute Gasteiger partial charge is 0.267 e. The van der Waals surface area contributed by atoms with Crippen LogP contribution < -0.4 is 27.1 Å². The first-order valence-corrected chi connectivity index (χ1v) is 6.30. The van der Waals surface area contributed by atoms with Crippen molar-refractivity contribution in [3.8, 4) is 0 Å². The van der Waals surface area contributed by atoms with Gasteiger partial charge < -0.3 is 27.8 Å². The Kier molecular flexibility index (Phi) is 14.7. The van der Waals surface area contributed by atoms with Gasteiger partial charge in [-0.15, -0.1) is 0 Å². The summed E-state index contributed by atoms with van der Waals surface area (Å²) in [5, 5.41) is 12.0. The summed E-state index contributed by atoms with van der Waals surface area (Å²) in [6.45, 7) is 11.0. The molecule has 0 amide bonds. The molecule has 4 N–H and O–H groups in total. The molecule has 0 bridgehead atoms. The molecule has 0 fully saturated rings. The summed E-state index contributed by atoms with van der Waals surface area (Å²) in [5.74, 6) is -0.510. The molecule has 0 atom stereocenters. The van der Waals surface area contributed by atoms with Crippen LogP contribution in [-0.2, 0) is 21.1 Å². The first-order chi connectivity index (χ1) is 9.49. The molecule has 7 heteroatoms. The second-order valence-corrected chi connectivity index (χ2v) is 3.48. The van der Waals surface area contributed by atoms with E-state index in [-0.39, 0.29) is 39.2 Å². The molecule has 0 aliphatic rings. The van der Waals surface area contributed by atoms with Crippen LogP contribution in [0.25, 0.3) is 12.5 Å². The van der Waals surface area contributed by atoms with Gasteiger partial charge in [0, 0.05) is 26.8 Å². The fraction of sp³-hybridized carbons (Fsp3) is 0.267. The summed E-state index contributed by atoms with van der Waals surface area (Å²) < 4.78 is 0. The maximum atomic E-state index is 11.6. The summed E-state index contributed by atoms with van der Waals surface area (Å²) >= 11 is 0. The topological polar surface area (TPSA) is 98.0 Å². The zero-order chi connectivity index (χ0) is 15.7. The first kappa shape index (κ1) is 25.2. The number of allylic oxidation sites excluding steroid dienone is 3. The van der Waals surface area contributed by atoms with Gasteiger partial charge in [0.25, 0.3) is 11.1 Å². The average molecular weight is 478 g/mol. The van der Waals surface area contributed by atoms with E-state index < -0.39 is 17.0 Å². The largest absolute Gasteiger partial charge is 0.494 e. The fourth-order valence-electron chi connectivity index (χ4n) is 1.34. The van der Waals surface area contributed by atoms with Crippen molar-refractivity contribution in [1.29, 1.82) is 0 Å². The Morgan fingerprint density at radius 2 is 1.64 bits per heavy atom. The molecule has 0 saturated carbocycles. The second kappa shape index (κ2) is 12.9. The van der Waals surface area contributed by atoms with E-state index in [0.29, 0.717) is 5.70 Å². The molecule has 1 aromatic rings. The van der Waals surface area contributed by atoms with Crippen LogP contribution in [0.4, 0.5) is 0 Å². The van der Waals surface area contributed by atoms with E-state index in [9.17, 15) is 14.7 Å². The van der Waals surface area contributed by atoms with Crippen LogP contribution in [0.3, 0.4) is 0 Å². The van der Waals surface area contributed by atoms with Crippen LogP contribution in [-0.4, -0.2) is 15.1 Å². The van der Waals surface area contributed by atoms with Crippen molar-refractivity contribution < 1.29 is 26.2 Å². The molecule has 0 aromatic carbocycles. The quantitative estimate of drug-likeness (QED) is 0.379. The molecular formula is C15H24N3O3W-. The van der Waals surface area contributed by atoms with E-state index >= 15 is 0 Å². The van der Waals surface area contributed by atoms with Gasteiger partial charge in [0.05, 0.1) is 0 Å². The normalized spacial score (nSPS) is 9.91. The molecule has 0 saturated heterocycles. The van der Waals surface area contributed by atoms with Gasteiger partial charge >= 0.3 is 0 Å². The molecule has 1 heterocycles. The molecule has 124 valence electrons. The summed E-state index contributed by atoms with van der Waals surface area (Å²) in [5.41, 5.74) is -0.761. The number of hydrogen-bond donors (Lipinski definition) is 4.